The minimum Gasteiger partial charge on any atom is -0.595 e. The third-order valence-electron chi connectivity index (χ3n) is 6.29. The molecule has 0 spiro atoms. The molecule has 0 radical (unpaired) electrons. The Morgan fingerprint density at radius 2 is 0.825 bits per heavy atom. The van der Waals surface area contributed by atoms with Gasteiger partial charge in [-0.3, -0.25) is 0 Å². The molecule has 0 aliphatic carbocycles. The van der Waals surface area contributed by atoms with Gasteiger partial charge >= 0.3 is 0 Å². The third kappa shape index (κ3) is 8.35. The second-order valence-electron chi connectivity index (χ2n) is 9.23. The molecule has 0 aliphatic heterocycles. The van der Waals surface area contributed by atoms with Crippen LogP contribution in [-0.2, 0) is 26.2 Å². The molecule has 0 aromatic heterocycles. The van der Waals surface area contributed by atoms with Gasteiger partial charge in [-0.15, -0.1) is 0 Å². The zero-order valence-electron chi connectivity index (χ0n) is 21.8. The lowest BCUT2D eigenvalue weighted by molar-refractivity contribution is -1.01. The third-order valence-corrected chi connectivity index (χ3v) is 7.24. The van der Waals surface area contributed by atoms with Crippen molar-refractivity contribution in [3.8, 4) is 0 Å². The lowest BCUT2D eigenvalue weighted by Crippen LogP contribution is -3.03. The molecular weight excluding hydrogens is 565 g/mol. The quantitative estimate of drug-likeness (QED) is 0.134. The van der Waals surface area contributed by atoms with Gasteiger partial charge in [-0.1, -0.05) is 156 Å². The summed E-state index contributed by atoms with van der Waals surface area (Å²) < 4.78 is -0.310. The molecule has 1 atom stereocenters. The van der Waals surface area contributed by atoms with Crippen LogP contribution in [0.15, 0.2) is 142 Å². The standard InChI is InChI=1S/C32H30Cl3N3O2/c33-29(31(34)35)30(38(39)40)32(36(21-25-13-5-1-6-14-25)22-26-15-7-2-8-16-26)37(23-27-17-9-3-10-18-27)24-28-19-11-4-12-20-28/h1-20,38-39H,21-24H2. The van der Waals surface area contributed by atoms with E-state index in [-0.39, 0.29) is 15.2 Å². The summed E-state index contributed by atoms with van der Waals surface area (Å²) in [5, 5.41) is 22.1. The van der Waals surface area contributed by atoms with Crippen molar-refractivity contribution in [3.63, 3.8) is 0 Å². The molecule has 0 amide bonds. The molecule has 0 bridgehead atoms. The summed E-state index contributed by atoms with van der Waals surface area (Å²) in [6, 6.07) is 39.6. The normalized spacial score (nSPS) is 11.4. The Labute approximate surface area is 250 Å². The maximum atomic E-state index is 13.0. The maximum Gasteiger partial charge on any atom is 0.225 e. The van der Waals surface area contributed by atoms with E-state index in [1.54, 1.807) is 0 Å². The monoisotopic (exact) mass is 593 g/mol. The van der Waals surface area contributed by atoms with Gasteiger partial charge < -0.3 is 15.0 Å². The van der Waals surface area contributed by atoms with Gasteiger partial charge in [0.25, 0.3) is 0 Å². The summed E-state index contributed by atoms with van der Waals surface area (Å²) in [4.78, 5) is 4.05. The fourth-order valence-electron chi connectivity index (χ4n) is 4.52. The van der Waals surface area contributed by atoms with Crippen LogP contribution in [0.2, 0.25) is 0 Å². The zero-order chi connectivity index (χ0) is 28.3. The van der Waals surface area contributed by atoms with E-state index in [9.17, 15) is 10.4 Å². The van der Waals surface area contributed by atoms with Crippen LogP contribution >= 0.6 is 34.8 Å². The van der Waals surface area contributed by atoms with Crippen molar-refractivity contribution >= 4 is 34.8 Å². The molecule has 1 unspecified atom stereocenters. The van der Waals surface area contributed by atoms with Crippen LogP contribution in [-0.4, -0.2) is 15.0 Å². The first-order valence-corrected chi connectivity index (χ1v) is 13.9. The van der Waals surface area contributed by atoms with Crippen molar-refractivity contribution in [2.75, 3.05) is 0 Å². The van der Waals surface area contributed by atoms with Crippen molar-refractivity contribution in [1.29, 1.82) is 0 Å². The van der Waals surface area contributed by atoms with Gasteiger partial charge in [0, 0.05) is 26.2 Å². The predicted octanol–water partition coefficient (Wildman–Crippen LogP) is 7.22. The highest BCUT2D eigenvalue weighted by molar-refractivity contribution is 6.59. The number of allylic oxidation sites excluding steroid dienone is 1. The van der Waals surface area contributed by atoms with Gasteiger partial charge in [0.15, 0.2) is 5.82 Å². The van der Waals surface area contributed by atoms with Crippen molar-refractivity contribution in [1.82, 2.24) is 9.80 Å². The van der Waals surface area contributed by atoms with E-state index in [1.807, 2.05) is 131 Å². The number of nitrogens with zero attached hydrogens (tertiary/aromatic N) is 2. The van der Waals surface area contributed by atoms with Gasteiger partial charge in [-0.2, -0.15) is 5.23 Å². The van der Waals surface area contributed by atoms with Crippen LogP contribution < -0.4 is 5.23 Å². The van der Waals surface area contributed by atoms with E-state index in [2.05, 4.69) is 0 Å². The predicted molar refractivity (Wildman–Crippen MR) is 162 cm³/mol. The molecule has 0 fully saturated rings. The summed E-state index contributed by atoms with van der Waals surface area (Å²) in [5.41, 5.74) is 3.88. The molecule has 40 heavy (non-hydrogen) atoms. The fourth-order valence-corrected chi connectivity index (χ4v) is 4.88. The van der Waals surface area contributed by atoms with E-state index in [0.717, 1.165) is 22.3 Å². The first kappa shape index (κ1) is 29.7. The van der Waals surface area contributed by atoms with Gasteiger partial charge in [0.2, 0.25) is 5.70 Å². The smallest absolute Gasteiger partial charge is 0.225 e. The first-order chi connectivity index (χ1) is 19.4. The average molecular weight is 595 g/mol. The van der Waals surface area contributed by atoms with Gasteiger partial charge in [-0.05, 0) is 22.3 Å². The second-order valence-corrected chi connectivity index (χ2v) is 10.6. The first-order valence-electron chi connectivity index (χ1n) is 12.8. The van der Waals surface area contributed by atoms with Crippen LogP contribution in [0.4, 0.5) is 0 Å². The minimum absolute atomic E-state index is 0.166. The number of halogens is 3. The average Bonchev–Trinajstić information content (AvgIpc) is 2.97. The molecule has 2 N–H and O–H groups in total. The topological polar surface area (TPSA) is 54.2 Å². The molecule has 206 valence electrons. The van der Waals surface area contributed by atoms with Gasteiger partial charge in [0.05, 0.1) is 0 Å². The highest BCUT2D eigenvalue weighted by Gasteiger charge is 2.30. The van der Waals surface area contributed by atoms with E-state index >= 15 is 0 Å². The van der Waals surface area contributed by atoms with Crippen LogP contribution in [0.3, 0.4) is 0 Å². The second kappa shape index (κ2) is 14.9. The summed E-state index contributed by atoms with van der Waals surface area (Å²) in [6.45, 7) is 1.69. The molecule has 0 saturated carbocycles. The van der Waals surface area contributed by atoms with Crippen molar-refractivity contribution in [2.24, 2.45) is 0 Å². The van der Waals surface area contributed by atoms with Gasteiger partial charge in [0.1, 0.15) is 9.52 Å². The molecule has 5 nitrogen and oxygen atoms in total. The van der Waals surface area contributed by atoms with Crippen LogP contribution in [0.1, 0.15) is 22.3 Å². The van der Waals surface area contributed by atoms with Gasteiger partial charge in [-0.25, -0.2) is 5.21 Å². The summed E-state index contributed by atoms with van der Waals surface area (Å²) in [5.74, 6) is 0.414. The Balaban J connectivity index is 1.95. The Morgan fingerprint density at radius 1 is 0.550 bits per heavy atom. The molecule has 4 aromatic rings. The number of nitrogens with one attached hydrogen (secondary N) is 1. The molecule has 0 aliphatic rings. The lowest BCUT2D eigenvalue weighted by Gasteiger charge is -2.38. The molecule has 8 heteroatoms. The number of quaternary nitrogens is 1. The molecular formula is C32H30Cl3N3O2. The summed E-state index contributed by atoms with van der Waals surface area (Å²) >= 11 is 18.9. The molecule has 0 saturated heterocycles. The number of hydroxylamine groups is 2. The van der Waals surface area contributed by atoms with Crippen molar-refractivity contribution in [3.05, 3.63) is 170 Å². The van der Waals surface area contributed by atoms with Crippen molar-refractivity contribution < 1.29 is 10.4 Å². The minimum atomic E-state index is -1.23. The van der Waals surface area contributed by atoms with E-state index in [1.165, 1.54) is 0 Å². The molecule has 0 heterocycles. The van der Waals surface area contributed by atoms with E-state index in [4.69, 9.17) is 34.8 Å². The number of rotatable bonds is 12. The van der Waals surface area contributed by atoms with Crippen LogP contribution in [0, 0.1) is 5.21 Å². The summed E-state index contributed by atoms with van der Waals surface area (Å²) in [6.07, 6.45) is 0. The fraction of sp³-hybridized carbons (Fsp3) is 0.125. The summed E-state index contributed by atoms with van der Waals surface area (Å²) in [7, 11) is 0. The zero-order valence-corrected chi connectivity index (χ0v) is 24.0. The van der Waals surface area contributed by atoms with E-state index in [0.29, 0.717) is 32.0 Å². The van der Waals surface area contributed by atoms with E-state index < -0.39 is 5.23 Å². The number of hydrogen-bond acceptors (Lipinski definition) is 4. The highest BCUT2D eigenvalue weighted by atomic mass is 35.5. The molecule has 4 rings (SSSR count). The van der Waals surface area contributed by atoms with Crippen LogP contribution in [0.25, 0.3) is 0 Å². The Hall–Kier alpha value is -3.29. The largest absolute Gasteiger partial charge is 0.595 e. The van der Waals surface area contributed by atoms with Crippen molar-refractivity contribution in [2.45, 2.75) is 26.2 Å². The number of benzene rings is 4. The Bertz CT molecular complexity index is 1220. The van der Waals surface area contributed by atoms with Crippen LogP contribution in [0.5, 0.6) is 0 Å². The highest BCUT2D eigenvalue weighted by Crippen LogP contribution is 2.31. The lowest BCUT2D eigenvalue weighted by atomic mass is 10.1. The number of hydrogen-bond donors (Lipinski definition) is 2. The SMILES string of the molecule is [O-][NH+](O)C(C(Cl)=C(Cl)Cl)=C(N(Cc1ccccc1)Cc1ccccc1)N(Cc1ccccc1)Cc1ccccc1. The Kier molecular flexibility index (Phi) is 11.1. The maximum absolute atomic E-state index is 13.0. The molecule has 4 aromatic carbocycles. The Morgan fingerprint density at radius 3 is 1.05 bits per heavy atom.